The van der Waals surface area contributed by atoms with E-state index < -0.39 is 0 Å². The molecule has 1 aliphatic rings. The van der Waals surface area contributed by atoms with Crippen LogP contribution in [-0.4, -0.2) is 25.0 Å². The molecule has 3 nitrogen and oxygen atoms in total. The Kier molecular flexibility index (Phi) is 6.46. The molecule has 2 atom stereocenters. The highest BCUT2D eigenvalue weighted by Crippen LogP contribution is 2.13. The summed E-state index contributed by atoms with van der Waals surface area (Å²) in [5, 5.41) is 6.50. The van der Waals surface area contributed by atoms with Gasteiger partial charge in [-0.1, -0.05) is 26.7 Å². The number of hydrogen-bond acceptors (Lipinski definition) is 2. The quantitative estimate of drug-likeness (QED) is 0.728. The van der Waals surface area contributed by atoms with E-state index in [0.29, 0.717) is 6.04 Å². The average molecular weight is 226 g/mol. The summed E-state index contributed by atoms with van der Waals surface area (Å²) < 4.78 is 0. The predicted molar refractivity (Wildman–Crippen MR) is 67.3 cm³/mol. The number of nitrogens with one attached hydrogen (secondary N) is 2. The molecule has 0 aromatic heterocycles. The van der Waals surface area contributed by atoms with Crippen LogP contribution in [0.2, 0.25) is 0 Å². The minimum atomic E-state index is 0.224. The fraction of sp³-hybridized carbons (Fsp3) is 0.923. The molecule has 1 aliphatic heterocycles. The largest absolute Gasteiger partial charge is 0.352 e. The van der Waals surface area contributed by atoms with E-state index in [1.165, 1.54) is 12.8 Å². The number of carbonyl (C=O) groups is 1. The molecule has 0 spiro atoms. The zero-order valence-corrected chi connectivity index (χ0v) is 10.7. The Morgan fingerprint density at radius 2 is 2.31 bits per heavy atom. The van der Waals surface area contributed by atoms with Crippen LogP contribution < -0.4 is 10.6 Å². The van der Waals surface area contributed by atoms with Gasteiger partial charge >= 0.3 is 0 Å². The third kappa shape index (κ3) is 4.52. The van der Waals surface area contributed by atoms with Gasteiger partial charge in [-0.15, -0.1) is 0 Å². The van der Waals surface area contributed by atoms with E-state index in [1.54, 1.807) is 0 Å². The van der Waals surface area contributed by atoms with Crippen LogP contribution in [-0.2, 0) is 4.79 Å². The minimum absolute atomic E-state index is 0.224. The van der Waals surface area contributed by atoms with Crippen molar-refractivity contribution in [3.63, 3.8) is 0 Å². The van der Waals surface area contributed by atoms with Gasteiger partial charge in [0.05, 0.1) is 0 Å². The summed E-state index contributed by atoms with van der Waals surface area (Å²) in [7, 11) is 0. The summed E-state index contributed by atoms with van der Waals surface area (Å²) in [4.78, 5) is 12.0. The molecule has 1 fully saturated rings. The van der Waals surface area contributed by atoms with Gasteiger partial charge in [-0.05, 0) is 32.2 Å². The fourth-order valence-corrected chi connectivity index (χ4v) is 2.27. The van der Waals surface area contributed by atoms with E-state index in [2.05, 4.69) is 24.5 Å². The normalized spacial score (nSPS) is 22.8. The van der Waals surface area contributed by atoms with Crippen molar-refractivity contribution in [3.05, 3.63) is 0 Å². The van der Waals surface area contributed by atoms with E-state index in [9.17, 15) is 4.79 Å². The summed E-state index contributed by atoms with van der Waals surface area (Å²) in [6, 6.07) is 0.358. The average Bonchev–Trinajstić information content (AvgIpc) is 2.31. The first kappa shape index (κ1) is 13.5. The number of carbonyl (C=O) groups excluding carboxylic acids is 1. The molecule has 0 aliphatic carbocycles. The molecule has 1 rings (SSSR count). The predicted octanol–water partition coefficient (Wildman–Crippen LogP) is 2.07. The highest BCUT2D eigenvalue weighted by Gasteiger charge is 2.20. The Balaban J connectivity index is 2.29. The van der Waals surface area contributed by atoms with Crippen LogP contribution in [0.5, 0.6) is 0 Å². The third-order valence-electron chi connectivity index (χ3n) is 3.41. The maximum atomic E-state index is 12.0. The minimum Gasteiger partial charge on any atom is -0.352 e. The molecule has 0 saturated carbocycles. The summed E-state index contributed by atoms with van der Waals surface area (Å²) in [5.74, 6) is 0.492. The molecule has 1 heterocycles. The highest BCUT2D eigenvalue weighted by atomic mass is 16.1. The second kappa shape index (κ2) is 7.66. The monoisotopic (exact) mass is 226 g/mol. The summed E-state index contributed by atoms with van der Waals surface area (Å²) in [6.45, 7) is 6.32. The Labute approximate surface area is 99.4 Å². The maximum Gasteiger partial charge on any atom is 0.223 e. The Morgan fingerprint density at radius 3 is 2.88 bits per heavy atom. The smallest absolute Gasteiger partial charge is 0.223 e. The molecule has 0 radical (unpaired) electrons. The van der Waals surface area contributed by atoms with Gasteiger partial charge in [0, 0.05) is 18.5 Å². The molecule has 1 amide bonds. The van der Waals surface area contributed by atoms with Crippen LogP contribution in [0, 0.1) is 5.92 Å². The van der Waals surface area contributed by atoms with E-state index in [4.69, 9.17) is 0 Å². The number of hydrogen-bond donors (Lipinski definition) is 2. The number of rotatable bonds is 6. The molecular formula is C13H26N2O. The van der Waals surface area contributed by atoms with Crippen molar-refractivity contribution < 1.29 is 4.79 Å². The van der Waals surface area contributed by atoms with Crippen LogP contribution >= 0.6 is 0 Å². The molecule has 0 aromatic carbocycles. The lowest BCUT2D eigenvalue weighted by Gasteiger charge is -2.26. The second-order valence-corrected chi connectivity index (χ2v) is 4.80. The summed E-state index contributed by atoms with van der Waals surface area (Å²) in [5.41, 5.74) is 0. The lowest BCUT2D eigenvalue weighted by atomic mass is 9.97. The van der Waals surface area contributed by atoms with Gasteiger partial charge in [0.2, 0.25) is 5.91 Å². The van der Waals surface area contributed by atoms with Crippen molar-refractivity contribution >= 4 is 5.91 Å². The molecule has 94 valence electrons. The van der Waals surface area contributed by atoms with Crippen LogP contribution in [0.3, 0.4) is 0 Å². The van der Waals surface area contributed by atoms with Gasteiger partial charge in [-0.3, -0.25) is 4.79 Å². The van der Waals surface area contributed by atoms with Crippen molar-refractivity contribution in [1.29, 1.82) is 0 Å². The number of amides is 1. The third-order valence-corrected chi connectivity index (χ3v) is 3.41. The molecule has 0 aromatic rings. The van der Waals surface area contributed by atoms with Gasteiger partial charge in [0.15, 0.2) is 0 Å². The van der Waals surface area contributed by atoms with Crippen LogP contribution in [0.1, 0.15) is 52.4 Å². The van der Waals surface area contributed by atoms with Gasteiger partial charge < -0.3 is 10.6 Å². The summed E-state index contributed by atoms with van der Waals surface area (Å²) >= 11 is 0. The van der Waals surface area contributed by atoms with E-state index in [-0.39, 0.29) is 11.8 Å². The Bertz CT molecular complexity index is 200. The van der Waals surface area contributed by atoms with Crippen molar-refractivity contribution in [1.82, 2.24) is 10.6 Å². The maximum absolute atomic E-state index is 12.0. The Hall–Kier alpha value is -0.570. The molecule has 2 unspecified atom stereocenters. The van der Waals surface area contributed by atoms with Gasteiger partial charge in [0.1, 0.15) is 0 Å². The van der Waals surface area contributed by atoms with Crippen LogP contribution in [0.25, 0.3) is 0 Å². The van der Waals surface area contributed by atoms with E-state index in [1.807, 2.05) is 0 Å². The second-order valence-electron chi connectivity index (χ2n) is 4.80. The topological polar surface area (TPSA) is 41.1 Å². The zero-order valence-electron chi connectivity index (χ0n) is 10.7. The molecule has 1 saturated heterocycles. The van der Waals surface area contributed by atoms with Gasteiger partial charge in [-0.2, -0.15) is 0 Å². The zero-order chi connectivity index (χ0) is 11.8. The number of piperidine rings is 1. The van der Waals surface area contributed by atoms with E-state index >= 15 is 0 Å². The van der Waals surface area contributed by atoms with Gasteiger partial charge in [0.25, 0.3) is 0 Å². The Morgan fingerprint density at radius 1 is 1.50 bits per heavy atom. The first-order chi connectivity index (χ1) is 7.77. The molecule has 16 heavy (non-hydrogen) atoms. The van der Waals surface area contributed by atoms with Crippen molar-refractivity contribution in [2.45, 2.75) is 58.4 Å². The lowest BCUT2D eigenvalue weighted by Crippen LogP contribution is -2.47. The standard InChI is InChI=1S/C13H26N2O/c1-3-5-7-11(4-2)13(16)15-12-8-6-9-14-10-12/h11-12,14H,3-10H2,1-2H3,(H,15,16). The van der Waals surface area contributed by atoms with Gasteiger partial charge in [-0.25, -0.2) is 0 Å². The van der Waals surface area contributed by atoms with Crippen LogP contribution in [0.15, 0.2) is 0 Å². The first-order valence-electron chi connectivity index (χ1n) is 6.79. The molecule has 0 bridgehead atoms. The highest BCUT2D eigenvalue weighted by molar-refractivity contribution is 5.78. The SMILES string of the molecule is CCCCC(CC)C(=O)NC1CCCNC1. The fourth-order valence-electron chi connectivity index (χ4n) is 2.27. The first-order valence-corrected chi connectivity index (χ1v) is 6.79. The molecule has 3 heteroatoms. The van der Waals surface area contributed by atoms with Crippen molar-refractivity contribution in [3.8, 4) is 0 Å². The molecule has 2 N–H and O–H groups in total. The molecular weight excluding hydrogens is 200 g/mol. The van der Waals surface area contributed by atoms with Crippen LogP contribution in [0.4, 0.5) is 0 Å². The van der Waals surface area contributed by atoms with E-state index in [0.717, 1.165) is 38.8 Å². The van der Waals surface area contributed by atoms with Crippen molar-refractivity contribution in [2.24, 2.45) is 5.92 Å². The lowest BCUT2D eigenvalue weighted by molar-refractivity contribution is -0.126. The number of unbranched alkanes of at least 4 members (excludes halogenated alkanes) is 1. The summed E-state index contributed by atoms with van der Waals surface area (Å²) in [6.07, 6.45) is 6.65. The van der Waals surface area contributed by atoms with Crippen molar-refractivity contribution in [2.75, 3.05) is 13.1 Å².